The lowest BCUT2D eigenvalue weighted by atomic mass is 10.3. The van der Waals surface area contributed by atoms with Gasteiger partial charge in [0, 0.05) is 0 Å². The standard InChI is InChI=1S/C12H9Cl2N5S/c13-6-5-7(14)11(18-10(6)19-15)20-12-16-8-3-1-2-4-9(8)17-12/h1-5H,15H2,(H,16,17)(H,18,19). The molecule has 4 N–H and O–H groups in total. The number of para-hydroxylation sites is 2. The number of nitrogens with one attached hydrogen (secondary N) is 2. The number of hydrazine groups is 1. The van der Waals surface area contributed by atoms with Crippen molar-refractivity contribution in [2.45, 2.75) is 10.2 Å². The number of nitrogens with two attached hydrogens (primary N) is 1. The van der Waals surface area contributed by atoms with Crippen molar-refractivity contribution in [1.82, 2.24) is 15.0 Å². The summed E-state index contributed by atoms with van der Waals surface area (Å²) >= 11 is 13.4. The fourth-order valence-corrected chi connectivity index (χ4v) is 3.00. The van der Waals surface area contributed by atoms with Crippen molar-refractivity contribution < 1.29 is 0 Å². The Bertz CT molecular complexity index is 741. The van der Waals surface area contributed by atoms with E-state index in [9.17, 15) is 0 Å². The highest BCUT2D eigenvalue weighted by molar-refractivity contribution is 7.99. The predicted octanol–water partition coefficient (Wildman–Crippen LogP) is 3.70. The lowest BCUT2D eigenvalue weighted by molar-refractivity contribution is 1.05. The molecule has 3 rings (SSSR count). The first-order valence-corrected chi connectivity index (χ1v) is 7.20. The minimum Gasteiger partial charge on any atom is -0.333 e. The lowest BCUT2D eigenvalue weighted by Gasteiger charge is -2.06. The van der Waals surface area contributed by atoms with Gasteiger partial charge >= 0.3 is 0 Å². The highest BCUT2D eigenvalue weighted by atomic mass is 35.5. The number of pyridine rings is 1. The number of rotatable bonds is 3. The van der Waals surface area contributed by atoms with E-state index < -0.39 is 0 Å². The van der Waals surface area contributed by atoms with Gasteiger partial charge in [0.25, 0.3) is 0 Å². The van der Waals surface area contributed by atoms with Gasteiger partial charge in [-0.2, -0.15) is 0 Å². The molecule has 5 nitrogen and oxygen atoms in total. The van der Waals surface area contributed by atoms with Crippen molar-refractivity contribution in [3.05, 3.63) is 40.4 Å². The summed E-state index contributed by atoms with van der Waals surface area (Å²) in [4.78, 5) is 11.9. The molecule has 3 aromatic rings. The van der Waals surface area contributed by atoms with Crippen LogP contribution in [0.2, 0.25) is 10.0 Å². The summed E-state index contributed by atoms with van der Waals surface area (Å²) in [7, 11) is 0. The third-order valence-corrected chi connectivity index (χ3v) is 4.17. The number of nitrogens with zero attached hydrogens (tertiary/aromatic N) is 2. The van der Waals surface area contributed by atoms with E-state index in [4.69, 9.17) is 29.0 Å². The minimum absolute atomic E-state index is 0.367. The van der Waals surface area contributed by atoms with E-state index >= 15 is 0 Å². The highest BCUT2D eigenvalue weighted by Gasteiger charge is 2.12. The largest absolute Gasteiger partial charge is 0.333 e. The van der Waals surface area contributed by atoms with E-state index in [-0.39, 0.29) is 0 Å². The molecule has 1 aromatic carbocycles. The molecule has 0 spiro atoms. The maximum Gasteiger partial charge on any atom is 0.172 e. The number of anilines is 1. The van der Waals surface area contributed by atoms with Gasteiger partial charge < -0.3 is 10.4 Å². The molecule has 20 heavy (non-hydrogen) atoms. The van der Waals surface area contributed by atoms with Gasteiger partial charge in [-0.05, 0) is 30.0 Å². The van der Waals surface area contributed by atoms with Crippen LogP contribution in [0, 0.1) is 0 Å². The molecule has 102 valence electrons. The van der Waals surface area contributed by atoms with E-state index in [1.54, 1.807) is 6.07 Å². The molecule has 0 bridgehead atoms. The molecule has 0 saturated heterocycles. The number of H-pyrrole nitrogens is 1. The zero-order chi connectivity index (χ0) is 14.1. The summed E-state index contributed by atoms with van der Waals surface area (Å²) < 4.78 is 0. The summed E-state index contributed by atoms with van der Waals surface area (Å²) in [6.45, 7) is 0. The average molecular weight is 326 g/mol. The van der Waals surface area contributed by atoms with Crippen LogP contribution < -0.4 is 11.3 Å². The minimum atomic E-state index is 0.367. The van der Waals surface area contributed by atoms with Crippen molar-refractivity contribution in [1.29, 1.82) is 0 Å². The molecule has 0 radical (unpaired) electrons. The van der Waals surface area contributed by atoms with Crippen molar-refractivity contribution in [2.75, 3.05) is 5.43 Å². The second-order valence-electron chi connectivity index (χ2n) is 3.91. The summed E-state index contributed by atoms with van der Waals surface area (Å²) in [6, 6.07) is 9.35. The summed E-state index contributed by atoms with van der Waals surface area (Å²) in [6.07, 6.45) is 0. The molecular formula is C12H9Cl2N5S. The smallest absolute Gasteiger partial charge is 0.172 e. The number of halogens is 2. The molecule has 8 heteroatoms. The second kappa shape index (κ2) is 5.49. The van der Waals surface area contributed by atoms with Crippen molar-refractivity contribution in [3.8, 4) is 0 Å². The normalized spacial score (nSPS) is 10.9. The summed E-state index contributed by atoms with van der Waals surface area (Å²) in [5.41, 5.74) is 4.27. The molecule has 0 amide bonds. The fraction of sp³-hybridized carbons (Fsp3) is 0. The predicted molar refractivity (Wildman–Crippen MR) is 82.3 cm³/mol. The van der Waals surface area contributed by atoms with E-state index in [0.29, 0.717) is 26.0 Å². The van der Waals surface area contributed by atoms with Gasteiger partial charge in [-0.15, -0.1) is 0 Å². The van der Waals surface area contributed by atoms with Crippen LogP contribution in [-0.4, -0.2) is 15.0 Å². The average Bonchev–Trinajstić information content (AvgIpc) is 2.84. The van der Waals surface area contributed by atoms with Gasteiger partial charge in [-0.1, -0.05) is 35.3 Å². The van der Waals surface area contributed by atoms with Crippen LogP contribution in [-0.2, 0) is 0 Å². The molecule has 0 aliphatic carbocycles. The first-order valence-electron chi connectivity index (χ1n) is 5.62. The van der Waals surface area contributed by atoms with Gasteiger partial charge in [-0.25, -0.2) is 15.8 Å². The lowest BCUT2D eigenvalue weighted by Crippen LogP contribution is -2.09. The summed E-state index contributed by atoms with van der Waals surface area (Å²) in [5.74, 6) is 5.72. The third-order valence-electron chi connectivity index (χ3n) is 2.60. The topological polar surface area (TPSA) is 79.6 Å². The van der Waals surface area contributed by atoms with Gasteiger partial charge in [0.15, 0.2) is 11.0 Å². The van der Waals surface area contributed by atoms with Crippen LogP contribution in [0.1, 0.15) is 0 Å². The fourth-order valence-electron chi connectivity index (χ4n) is 1.69. The van der Waals surface area contributed by atoms with Crippen molar-refractivity contribution in [3.63, 3.8) is 0 Å². The monoisotopic (exact) mass is 325 g/mol. The van der Waals surface area contributed by atoms with Crippen LogP contribution >= 0.6 is 35.0 Å². The van der Waals surface area contributed by atoms with Crippen LogP contribution in [0.25, 0.3) is 11.0 Å². The zero-order valence-corrected chi connectivity index (χ0v) is 12.4. The molecule has 0 aliphatic heterocycles. The first-order chi connectivity index (χ1) is 9.67. The van der Waals surface area contributed by atoms with Gasteiger partial charge in [-0.3, -0.25) is 0 Å². The Labute approximate surface area is 128 Å². The molecule has 0 aliphatic rings. The highest BCUT2D eigenvalue weighted by Crippen LogP contribution is 2.35. The van der Waals surface area contributed by atoms with Crippen LogP contribution in [0.4, 0.5) is 5.82 Å². The molecule has 0 unspecified atom stereocenters. The van der Waals surface area contributed by atoms with Crippen LogP contribution in [0.5, 0.6) is 0 Å². The van der Waals surface area contributed by atoms with E-state index in [1.807, 2.05) is 24.3 Å². The Kier molecular flexibility index (Phi) is 3.71. The van der Waals surface area contributed by atoms with E-state index in [1.165, 1.54) is 11.8 Å². The maximum atomic E-state index is 6.13. The number of imidazole rings is 1. The van der Waals surface area contributed by atoms with Gasteiger partial charge in [0.1, 0.15) is 5.03 Å². The van der Waals surface area contributed by atoms with Gasteiger partial charge in [0.05, 0.1) is 21.1 Å². The third kappa shape index (κ3) is 2.55. The number of fused-ring (bicyclic) bond motifs is 1. The van der Waals surface area contributed by atoms with Crippen LogP contribution in [0.15, 0.2) is 40.5 Å². The number of hydrogen-bond acceptors (Lipinski definition) is 5. The number of benzene rings is 1. The SMILES string of the molecule is NNc1nc(Sc2nc3ccccc3[nH]2)c(Cl)cc1Cl. The number of hydrogen-bond donors (Lipinski definition) is 3. The Hall–Kier alpha value is -1.47. The molecule has 2 aromatic heterocycles. The maximum absolute atomic E-state index is 6.13. The quantitative estimate of drug-likeness (QED) is 0.505. The van der Waals surface area contributed by atoms with Crippen LogP contribution in [0.3, 0.4) is 0 Å². The second-order valence-corrected chi connectivity index (χ2v) is 5.70. The van der Waals surface area contributed by atoms with E-state index in [0.717, 1.165) is 11.0 Å². The Morgan fingerprint density at radius 1 is 1.15 bits per heavy atom. The number of aromatic nitrogens is 3. The zero-order valence-electron chi connectivity index (χ0n) is 10.0. The molecule has 0 saturated carbocycles. The number of aromatic amines is 1. The Morgan fingerprint density at radius 2 is 1.95 bits per heavy atom. The molecule has 0 fully saturated rings. The first kappa shape index (κ1) is 13.5. The molecule has 0 atom stereocenters. The summed E-state index contributed by atoms with van der Waals surface area (Å²) in [5, 5.41) is 2.08. The Balaban J connectivity index is 1.98. The van der Waals surface area contributed by atoms with Crippen molar-refractivity contribution in [2.24, 2.45) is 5.84 Å². The van der Waals surface area contributed by atoms with Gasteiger partial charge in [0.2, 0.25) is 0 Å². The molecule has 2 heterocycles. The Morgan fingerprint density at radius 3 is 2.70 bits per heavy atom. The number of nitrogen functional groups attached to an aromatic ring is 1. The molecular weight excluding hydrogens is 317 g/mol. The van der Waals surface area contributed by atoms with Crippen molar-refractivity contribution >= 4 is 51.8 Å². The van der Waals surface area contributed by atoms with E-state index in [2.05, 4.69) is 20.4 Å².